The molecule has 4 bridgehead atoms. The second kappa shape index (κ2) is 12.9. The van der Waals surface area contributed by atoms with Gasteiger partial charge in [0, 0.05) is 44.8 Å². The smallest absolute Gasteiger partial charge is 0.252 e. The Balaban J connectivity index is 1.22. The first-order valence-electron chi connectivity index (χ1n) is 26.1. The fourth-order valence-electron chi connectivity index (χ4n) is 15.3. The first-order valence-corrected chi connectivity index (χ1v) is 26.1. The molecule has 3 nitrogen and oxygen atoms in total. The Labute approximate surface area is 406 Å². The minimum Gasteiger partial charge on any atom is -0.454 e. The lowest BCUT2D eigenvalue weighted by Crippen LogP contribution is -2.62. The number of para-hydroxylation sites is 2. The quantitative estimate of drug-likeness (QED) is 0.153. The van der Waals surface area contributed by atoms with Gasteiger partial charge in [-0.15, -0.1) is 0 Å². The van der Waals surface area contributed by atoms with Crippen LogP contribution < -0.4 is 26.2 Å². The fourth-order valence-corrected chi connectivity index (χ4v) is 15.3. The number of furan rings is 1. The second-order valence-corrected chi connectivity index (χ2v) is 27.2. The van der Waals surface area contributed by atoms with Crippen LogP contribution in [0.15, 0.2) is 89.3 Å². The average molecular weight is 895 g/mol. The Hall–Kier alpha value is -5.22. The molecule has 6 aromatic carbocycles. The van der Waals surface area contributed by atoms with Crippen LogP contribution in [0.2, 0.25) is 0 Å². The Kier molecular flexibility index (Phi) is 8.16. The molecule has 3 aliphatic carbocycles. The summed E-state index contributed by atoms with van der Waals surface area (Å²) in [5, 5.41) is 2.39. The molecule has 7 aromatic rings. The topological polar surface area (TPSA) is 19.6 Å². The van der Waals surface area contributed by atoms with E-state index in [0.717, 1.165) is 29.7 Å². The highest BCUT2D eigenvalue weighted by atomic mass is 16.3. The molecule has 0 saturated carbocycles. The standard InChI is InChI=1S/C64H71BN2O/c1-36-26-41-44(60(6,7)24-22-58(41,2)3)31-50(36)67-52-33-46-43(63(12,13)35-64(46,14)15)30-48(52)65-47-29-42-45(61(8,9)25-23-59(42,4)5)32-51(47)66-49-21-17-19-39-38-18-16-20-40(56(38)68-57(39)49)62(10,11)34-37-27-53(66)55(65)54(67)28-37/h16-21,26-33H,22-25,34-35H2,1-15H3. The van der Waals surface area contributed by atoms with Crippen molar-refractivity contribution < 1.29 is 4.42 Å². The summed E-state index contributed by atoms with van der Waals surface area (Å²) in [7, 11) is 0. The van der Waals surface area contributed by atoms with Crippen molar-refractivity contribution in [3.8, 4) is 0 Å². The summed E-state index contributed by atoms with van der Waals surface area (Å²) < 4.78 is 7.35. The van der Waals surface area contributed by atoms with Crippen LogP contribution >= 0.6 is 0 Å². The molecule has 0 saturated heterocycles. The summed E-state index contributed by atoms with van der Waals surface area (Å²) in [6.07, 6.45) is 6.73. The van der Waals surface area contributed by atoms with Crippen LogP contribution in [0.4, 0.5) is 34.1 Å². The number of fused-ring (bicyclic) bond motifs is 11. The van der Waals surface area contributed by atoms with Crippen LogP contribution in [0.25, 0.3) is 21.9 Å². The zero-order chi connectivity index (χ0) is 47.8. The molecule has 4 heteroatoms. The van der Waals surface area contributed by atoms with Gasteiger partial charge in [-0.3, -0.25) is 0 Å². The molecule has 0 unspecified atom stereocenters. The summed E-state index contributed by atoms with van der Waals surface area (Å²) in [4.78, 5) is 5.44. The molecule has 0 atom stereocenters. The molecule has 0 spiro atoms. The first kappa shape index (κ1) is 42.9. The van der Waals surface area contributed by atoms with E-state index in [2.05, 4.69) is 199 Å². The minimum absolute atomic E-state index is 0.0353. The van der Waals surface area contributed by atoms with E-state index in [1.807, 2.05) is 0 Å². The van der Waals surface area contributed by atoms with Crippen molar-refractivity contribution in [3.05, 3.63) is 135 Å². The number of hydrogen-bond acceptors (Lipinski definition) is 3. The summed E-state index contributed by atoms with van der Waals surface area (Å²) in [6.45, 7) is 37.2. The molecule has 4 heterocycles. The third kappa shape index (κ3) is 5.55. The first-order chi connectivity index (χ1) is 31.8. The third-order valence-electron chi connectivity index (χ3n) is 19.1. The second-order valence-electron chi connectivity index (χ2n) is 27.2. The lowest BCUT2D eigenvalue weighted by atomic mass is 9.32. The molecule has 3 aliphatic heterocycles. The van der Waals surface area contributed by atoms with Gasteiger partial charge in [-0.1, -0.05) is 145 Å². The van der Waals surface area contributed by atoms with E-state index in [9.17, 15) is 0 Å². The highest BCUT2D eigenvalue weighted by Crippen LogP contribution is 2.57. The third-order valence-corrected chi connectivity index (χ3v) is 19.1. The van der Waals surface area contributed by atoms with Crippen LogP contribution in [-0.4, -0.2) is 6.71 Å². The number of rotatable bonds is 1. The van der Waals surface area contributed by atoms with Gasteiger partial charge < -0.3 is 14.2 Å². The summed E-state index contributed by atoms with van der Waals surface area (Å²) in [6, 6.07) is 35.0. The molecule has 0 radical (unpaired) electrons. The van der Waals surface area contributed by atoms with Crippen LogP contribution in [0, 0.1) is 6.92 Å². The van der Waals surface area contributed by atoms with Gasteiger partial charge in [0.2, 0.25) is 0 Å². The average Bonchev–Trinajstić information content (AvgIpc) is 3.72. The van der Waals surface area contributed by atoms with Crippen LogP contribution in [0.3, 0.4) is 0 Å². The van der Waals surface area contributed by atoms with Crippen molar-refractivity contribution in [2.45, 2.75) is 180 Å². The molecule has 0 N–H and O–H groups in total. The summed E-state index contributed by atoms with van der Waals surface area (Å²) >= 11 is 0. The maximum absolute atomic E-state index is 7.35. The maximum Gasteiger partial charge on any atom is 0.252 e. The van der Waals surface area contributed by atoms with Crippen molar-refractivity contribution in [2.24, 2.45) is 0 Å². The highest BCUT2D eigenvalue weighted by molar-refractivity contribution is 7.00. The van der Waals surface area contributed by atoms with E-state index >= 15 is 0 Å². The van der Waals surface area contributed by atoms with Gasteiger partial charge in [0.05, 0.1) is 5.69 Å². The zero-order valence-electron chi connectivity index (χ0n) is 43.7. The number of hydrogen-bond donors (Lipinski definition) is 0. The maximum atomic E-state index is 7.35. The Morgan fingerprint density at radius 2 is 0.853 bits per heavy atom. The number of aryl methyl sites for hydroxylation is 1. The number of benzene rings is 6. The zero-order valence-corrected chi connectivity index (χ0v) is 43.7. The number of anilines is 6. The van der Waals surface area contributed by atoms with Gasteiger partial charge in [0.1, 0.15) is 5.58 Å². The van der Waals surface area contributed by atoms with Crippen molar-refractivity contribution in [3.63, 3.8) is 0 Å². The molecular weight excluding hydrogens is 824 g/mol. The highest BCUT2D eigenvalue weighted by Gasteiger charge is 2.51. The van der Waals surface area contributed by atoms with E-state index in [-0.39, 0.29) is 44.6 Å². The molecule has 6 aliphatic rings. The summed E-state index contributed by atoms with van der Waals surface area (Å²) in [5.41, 5.74) is 27.2. The summed E-state index contributed by atoms with van der Waals surface area (Å²) in [5.74, 6) is 0. The van der Waals surface area contributed by atoms with E-state index in [4.69, 9.17) is 4.42 Å². The Morgan fingerprint density at radius 3 is 1.41 bits per heavy atom. The predicted molar refractivity (Wildman–Crippen MR) is 290 cm³/mol. The van der Waals surface area contributed by atoms with E-state index < -0.39 is 0 Å². The Morgan fingerprint density at radius 1 is 0.412 bits per heavy atom. The van der Waals surface area contributed by atoms with E-state index in [1.54, 1.807) is 0 Å². The van der Waals surface area contributed by atoms with Gasteiger partial charge in [0.15, 0.2) is 5.58 Å². The van der Waals surface area contributed by atoms with Crippen molar-refractivity contribution >= 4 is 79.2 Å². The largest absolute Gasteiger partial charge is 0.454 e. The lowest BCUT2D eigenvalue weighted by molar-refractivity contribution is 0.332. The van der Waals surface area contributed by atoms with Gasteiger partial charge in [-0.2, -0.15) is 0 Å². The predicted octanol–water partition coefficient (Wildman–Crippen LogP) is 15.5. The van der Waals surface area contributed by atoms with E-state index in [1.165, 1.54) is 131 Å². The molecular formula is C64H71BN2O. The normalized spacial score (nSPS) is 21.8. The minimum atomic E-state index is -0.213. The molecule has 0 amide bonds. The van der Waals surface area contributed by atoms with Crippen molar-refractivity contribution in [1.82, 2.24) is 0 Å². The lowest BCUT2D eigenvalue weighted by Gasteiger charge is -2.48. The van der Waals surface area contributed by atoms with Crippen molar-refractivity contribution in [1.29, 1.82) is 0 Å². The molecule has 346 valence electrons. The molecule has 13 rings (SSSR count). The van der Waals surface area contributed by atoms with Crippen LogP contribution in [0.1, 0.15) is 179 Å². The van der Waals surface area contributed by atoms with E-state index in [0.29, 0.717) is 0 Å². The fraction of sp³-hybridized carbons (Fsp3) is 0.438. The molecule has 68 heavy (non-hydrogen) atoms. The number of nitrogens with zero attached hydrogens (tertiary/aromatic N) is 2. The monoisotopic (exact) mass is 895 g/mol. The molecule has 1 aromatic heterocycles. The van der Waals surface area contributed by atoms with Crippen molar-refractivity contribution in [2.75, 3.05) is 9.80 Å². The van der Waals surface area contributed by atoms with Gasteiger partial charge >= 0.3 is 0 Å². The SMILES string of the molecule is Cc1cc2c(cc1N1c3cc4c(cc3B3c5cc6c(cc5N5c7cc(cc1c73)CC(C)(C)c1cccc3c1oc1c5cccc13)C(C)(C)CCC6(C)C)C(C)(C)CC4(C)C)C(C)(C)CCC2(C)C. The van der Waals surface area contributed by atoms with Crippen LogP contribution in [0.5, 0.6) is 0 Å². The molecule has 0 fully saturated rings. The Bertz CT molecular complexity index is 3420. The van der Waals surface area contributed by atoms with Gasteiger partial charge in [-0.05, 0) is 181 Å². The van der Waals surface area contributed by atoms with Gasteiger partial charge in [-0.25, -0.2) is 0 Å². The van der Waals surface area contributed by atoms with Crippen LogP contribution in [-0.2, 0) is 44.3 Å². The van der Waals surface area contributed by atoms with Gasteiger partial charge in [0.25, 0.3) is 6.71 Å².